The van der Waals surface area contributed by atoms with E-state index in [1.807, 2.05) is 37.3 Å². The van der Waals surface area contributed by atoms with Gasteiger partial charge in [-0.05, 0) is 36.1 Å². The fourth-order valence-electron chi connectivity index (χ4n) is 1.80. The zero-order valence-corrected chi connectivity index (χ0v) is 11.1. The molecule has 0 radical (unpaired) electrons. The summed E-state index contributed by atoms with van der Waals surface area (Å²) >= 11 is 0. The molecule has 2 aromatic carbocycles. The first-order chi connectivity index (χ1) is 9.20. The van der Waals surface area contributed by atoms with E-state index in [2.05, 4.69) is 13.2 Å². The number of hydrogen-bond donors (Lipinski definition) is 1. The van der Waals surface area contributed by atoms with Crippen LogP contribution < -0.4 is 0 Å². The molecule has 0 amide bonds. The van der Waals surface area contributed by atoms with Crippen LogP contribution in [0.1, 0.15) is 27.0 Å². The smallest absolute Gasteiger partial charge is 0.150 e. The number of aldehydes is 1. The molecule has 98 valence electrons. The number of aromatic hydroxyl groups is 1. The molecular formula is C17H18O2. The van der Waals surface area contributed by atoms with Crippen molar-refractivity contribution in [2.45, 2.75) is 13.3 Å². The maximum absolute atomic E-state index is 10.9. The van der Waals surface area contributed by atoms with E-state index in [0.717, 1.165) is 23.0 Å². The molecule has 2 rings (SSSR count). The van der Waals surface area contributed by atoms with Crippen LogP contribution >= 0.6 is 0 Å². The van der Waals surface area contributed by atoms with E-state index in [-0.39, 0.29) is 0 Å². The molecule has 0 aliphatic heterocycles. The molecule has 0 aliphatic rings. The van der Waals surface area contributed by atoms with Gasteiger partial charge >= 0.3 is 0 Å². The van der Waals surface area contributed by atoms with Crippen molar-refractivity contribution in [1.29, 1.82) is 0 Å². The van der Waals surface area contributed by atoms with Crippen molar-refractivity contribution < 1.29 is 9.90 Å². The van der Waals surface area contributed by atoms with Gasteiger partial charge < -0.3 is 5.11 Å². The lowest BCUT2D eigenvalue weighted by Gasteiger charge is -2.06. The Kier molecular flexibility index (Phi) is 5.55. The van der Waals surface area contributed by atoms with Gasteiger partial charge in [0.1, 0.15) is 12.0 Å². The molecule has 0 heterocycles. The third kappa shape index (κ3) is 3.81. The molecule has 0 spiro atoms. The van der Waals surface area contributed by atoms with Crippen LogP contribution in [-0.2, 0) is 6.42 Å². The first-order valence-electron chi connectivity index (χ1n) is 6.02. The highest BCUT2D eigenvalue weighted by molar-refractivity contribution is 5.77. The number of carbonyl (C=O) groups is 1. The number of phenolic OH excluding ortho intramolecular Hbond substituents is 1. The van der Waals surface area contributed by atoms with Gasteiger partial charge in [0.25, 0.3) is 0 Å². The maximum Gasteiger partial charge on any atom is 0.150 e. The molecule has 0 atom stereocenters. The summed E-state index contributed by atoms with van der Waals surface area (Å²) in [7, 11) is 0. The largest absolute Gasteiger partial charge is 0.508 e. The summed E-state index contributed by atoms with van der Waals surface area (Å²) in [6.45, 7) is 7.86. The molecule has 0 saturated heterocycles. The lowest BCUT2D eigenvalue weighted by Crippen LogP contribution is -1.94. The molecule has 0 aromatic heterocycles. The number of rotatable bonds is 3. The molecule has 0 unspecified atom stereocenters. The Morgan fingerprint density at radius 2 is 1.84 bits per heavy atom. The third-order valence-electron chi connectivity index (χ3n) is 2.85. The zero-order valence-electron chi connectivity index (χ0n) is 11.1. The Hall–Kier alpha value is -2.35. The predicted molar refractivity (Wildman–Crippen MR) is 78.7 cm³/mol. The maximum atomic E-state index is 10.9. The van der Waals surface area contributed by atoms with Gasteiger partial charge in [-0.2, -0.15) is 0 Å². The van der Waals surface area contributed by atoms with Crippen LogP contribution in [0.5, 0.6) is 5.75 Å². The molecule has 19 heavy (non-hydrogen) atoms. The number of benzene rings is 2. The third-order valence-corrected chi connectivity index (χ3v) is 2.85. The van der Waals surface area contributed by atoms with Crippen LogP contribution in [0, 0.1) is 6.92 Å². The van der Waals surface area contributed by atoms with E-state index in [1.165, 1.54) is 0 Å². The molecule has 0 saturated carbocycles. The summed E-state index contributed by atoms with van der Waals surface area (Å²) < 4.78 is 0. The van der Waals surface area contributed by atoms with Crippen LogP contribution in [-0.4, -0.2) is 11.4 Å². The van der Waals surface area contributed by atoms with Gasteiger partial charge in [0.15, 0.2) is 0 Å². The minimum Gasteiger partial charge on any atom is -0.508 e. The van der Waals surface area contributed by atoms with E-state index in [0.29, 0.717) is 17.7 Å². The Morgan fingerprint density at radius 1 is 1.16 bits per heavy atom. The highest BCUT2D eigenvalue weighted by atomic mass is 16.3. The summed E-state index contributed by atoms with van der Waals surface area (Å²) in [5.41, 5.74) is 3.54. The predicted octanol–water partition coefficient (Wildman–Crippen LogP) is 3.91. The summed E-state index contributed by atoms with van der Waals surface area (Å²) in [6.07, 6.45) is 1.52. The molecule has 2 heteroatoms. The quantitative estimate of drug-likeness (QED) is 0.666. The molecule has 0 aliphatic carbocycles. The Labute approximate surface area is 114 Å². The monoisotopic (exact) mass is 254 g/mol. The summed E-state index contributed by atoms with van der Waals surface area (Å²) in [6, 6.07) is 13.1. The lowest BCUT2D eigenvalue weighted by atomic mass is 9.99. The number of phenols is 1. The standard InChI is InChI=1S/C15H14O2.C2H4/c1-11-6-7-12(9-15(11)17)8-13-4-2-3-5-14(13)10-16;1-2/h2-7,9-10,17H,8H2,1H3;1-2H2. The van der Waals surface area contributed by atoms with Gasteiger partial charge in [-0.3, -0.25) is 4.79 Å². The second kappa shape index (κ2) is 7.17. The molecule has 1 N–H and O–H groups in total. The van der Waals surface area contributed by atoms with Crippen LogP contribution in [0.3, 0.4) is 0 Å². The number of aryl methyl sites for hydroxylation is 1. The zero-order chi connectivity index (χ0) is 14.3. The van der Waals surface area contributed by atoms with Crippen LogP contribution in [0.25, 0.3) is 0 Å². The van der Waals surface area contributed by atoms with E-state index < -0.39 is 0 Å². The SMILES string of the molecule is C=C.Cc1ccc(Cc2ccccc2C=O)cc1O. The van der Waals surface area contributed by atoms with E-state index in [4.69, 9.17) is 0 Å². The lowest BCUT2D eigenvalue weighted by molar-refractivity contribution is 0.112. The van der Waals surface area contributed by atoms with Gasteiger partial charge in [-0.15, -0.1) is 13.2 Å². The van der Waals surface area contributed by atoms with Crippen LogP contribution in [0.4, 0.5) is 0 Å². The van der Waals surface area contributed by atoms with Crippen molar-refractivity contribution in [3.8, 4) is 5.75 Å². The molecule has 0 bridgehead atoms. The second-order valence-corrected chi connectivity index (χ2v) is 4.11. The average Bonchev–Trinajstić information content (AvgIpc) is 2.46. The Morgan fingerprint density at radius 3 is 2.47 bits per heavy atom. The second-order valence-electron chi connectivity index (χ2n) is 4.11. The van der Waals surface area contributed by atoms with Crippen molar-refractivity contribution in [3.05, 3.63) is 77.9 Å². The molecule has 0 fully saturated rings. The van der Waals surface area contributed by atoms with Crippen molar-refractivity contribution in [2.24, 2.45) is 0 Å². The van der Waals surface area contributed by atoms with Gasteiger partial charge in [0.2, 0.25) is 0 Å². The van der Waals surface area contributed by atoms with E-state index in [1.54, 1.807) is 12.1 Å². The van der Waals surface area contributed by atoms with Crippen LogP contribution in [0.15, 0.2) is 55.6 Å². The van der Waals surface area contributed by atoms with Gasteiger partial charge in [-0.25, -0.2) is 0 Å². The fourth-order valence-corrected chi connectivity index (χ4v) is 1.80. The van der Waals surface area contributed by atoms with Crippen molar-refractivity contribution >= 4 is 6.29 Å². The topological polar surface area (TPSA) is 37.3 Å². The molecule has 2 nitrogen and oxygen atoms in total. The van der Waals surface area contributed by atoms with Crippen molar-refractivity contribution in [3.63, 3.8) is 0 Å². The average molecular weight is 254 g/mol. The van der Waals surface area contributed by atoms with E-state index in [9.17, 15) is 9.90 Å². The first kappa shape index (κ1) is 14.7. The Balaban J connectivity index is 0.000000861. The van der Waals surface area contributed by atoms with Gasteiger partial charge in [0.05, 0.1) is 0 Å². The number of carbonyl (C=O) groups excluding carboxylic acids is 1. The van der Waals surface area contributed by atoms with Gasteiger partial charge in [-0.1, -0.05) is 36.4 Å². The summed E-state index contributed by atoms with van der Waals surface area (Å²) in [4.78, 5) is 10.9. The highest BCUT2D eigenvalue weighted by Crippen LogP contribution is 2.20. The normalized spacial score (nSPS) is 9.32. The number of hydrogen-bond acceptors (Lipinski definition) is 2. The molecule has 2 aromatic rings. The summed E-state index contributed by atoms with van der Waals surface area (Å²) in [5, 5.41) is 9.64. The highest BCUT2D eigenvalue weighted by Gasteiger charge is 2.03. The molecular weight excluding hydrogens is 236 g/mol. The van der Waals surface area contributed by atoms with Gasteiger partial charge in [0, 0.05) is 5.56 Å². The minimum atomic E-state index is 0.297. The Bertz CT molecular complexity index is 559. The van der Waals surface area contributed by atoms with Crippen LogP contribution in [0.2, 0.25) is 0 Å². The van der Waals surface area contributed by atoms with Crippen molar-refractivity contribution in [2.75, 3.05) is 0 Å². The first-order valence-corrected chi connectivity index (χ1v) is 6.02. The summed E-state index contributed by atoms with van der Waals surface area (Å²) in [5.74, 6) is 0.297. The minimum absolute atomic E-state index is 0.297. The fraction of sp³-hybridized carbons (Fsp3) is 0.118. The van der Waals surface area contributed by atoms with E-state index >= 15 is 0 Å². The van der Waals surface area contributed by atoms with Crippen molar-refractivity contribution in [1.82, 2.24) is 0 Å².